The summed E-state index contributed by atoms with van der Waals surface area (Å²) in [6, 6.07) is 0. The predicted octanol–water partition coefficient (Wildman–Crippen LogP) is -4.59. The Morgan fingerprint density at radius 1 is 0.814 bits per heavy atom. The molecule has 43 heavy (non-hydrogen) atoms. The minimum absolute atomic E-state index is 0.00909. The van der Waals surface area contributed by atoms with Gasteiger partial charge in [0.05, 0.1) is 19.8 Å². The average Bonchev–Trinajstić information content (AvgIpc) is 3.00. The molecule has 17 heteroatoms. The van der Waals surface area contributed by atoms with Crippen LogP contribution in [0.15, 0.2) is 9.59 Å². The second-order valence-corrected chi connectivity index (χ2v) is 10.3. The van der Waals surface area contributed by atoms with Gasteiger partial charge >= 0.3 is 0 Å². The number of rotatable bonds is 17. The molecule has 2 heterocycles. The molecule has 0 radical (unpaired) electrons. The molecule has 0 aromatic heterocycles. The van der Waals surface area contributed by atoms with E-state index in [-0.39, 0.29) is 50.1 Å². The van der Waals surface area contributed by atoms with E-state index in [2.05, 4.69) is 10.6 Å². The van der Waals surface area contributed by atoms with E-state index in [1.54, 1.807) is 6.92 Å². The molecule has 1 amide bonds. The molecule has 1 aromatic rings. The molecule has 1 aromatic carbocycles. The van der Waals surface area contributed by atoms with Crippen LogP contribution in [0, 0.1) is 0 Å². The first-order valence-corrected chi connectivity index (χ1v) is 14.2. The molecule has 9 N–H and O–H groups in total. The van der Waals surface area contributed by atoms with E-state index in [0.29, 0.717) is 19.3 Å². The smallest absolute Gasteiger partial charge is 0.272 e. The first-order valence-electron chi connectivity index (χ1n) is 14.2. The summed E-state index contributed by atoms with van der Waals surface area (Å²) in [5, 5.41) is 75.8. The van der Waals surface area contributed by atoms with Gasteiger partial charge in [-0.15, -0.1) is 0 Å². The Labute approximate surface area is 246 Å². The molecular formula is C26H42N2O15. The first-order chi connectivity index (χ1) is 20.5. The van der Waals surface area contributed by atoms with Crippen molar-refractivity contribution in [2.45, 2.75) is 94.0 Å². The van der Waals surface area contributed by atoms with Gasteiger partial charge in [-0.25, -0.2) is 0 Å². The summed E-state index contributed by atoms with van der Waals surface area (Å²) >= 11 is 0. The van der Waals surface area contributed by atoms with Crippen molar-refractivity contribution < 1.29 is 64.2 Å². The van der Waals surface area contributed by atoms with Crippen LogP contribution in [0.2, 0.25) is 0 Å². The molecule has 0 saturated carbocycles. The normalized spacial score (nSPS) is 32.9. The molecule has 0 spiro atoms. The van der Waals surface area contributed by atoms with Crippen molar-refractivity contribution in [3.63, 3.8) is 0 Å². The Balaban J connectivity index is 1.33. The third-order valence-electron chi connectivity index (χ3n) is 7.19. The Hall–Kier alpha value is -2.29. The zero-order chi connectivity index (χ0) is 31.7. The lowest BCUT2D eigenvalue weighted by atomic mass is 9.97. The van der Waals surface area contributed by atoms with Gasteiger partial charge in [-0.05, 0) is 19.8 Å². The summed E-state index contributed by atoms with van der Waals surface area (Å²) in [6.45, 7) is 1.16. The summed E-state index contributed by atoms with van der Waals surface area (Å²) in [6.07, 6.45) is -13.4. The number of aliphatic hydroxyl groups excluding tert-OH is 7. The summed E-state index contributed by atoms with van der Waals surface area (Å²) < 4.78 is 27.0. The van der Waals surface area contributed by atoms with Gasteiger partial charge in [0.1, 0.15) is 54.5 Å². The Bertz CT molecular complexity index is 1080. The number of hydrogen-bond acceptors (Lipinski definition) is 16. The molecule has 2 fully saturated rings. The second-order valence-electron chi connectivity index (χ2n) is 10.3. The number of unbranched alkanes of at least 4 members (excludes halogenated alkanes) is 2. The third kappa shape index (κ3) is 8.67. The lowest BCUT2D eigenvalue weighted by molar-refractivity contribution is -0.359. The maximum absolute atomic E-state index is 12.0. The van der Waals surface area contributed by atoms with Crippen LogP contribution in [0.5, 0.6) is 5.75 Å². The van der Waals surface area contributed by atoms with E-state index in [1.807, 2.05) is 0 Å². The minimum atomic E-state index is -1.76. The average molecular weight is 623 g/mol. The van der Waals surface area contributed by atoms with Crippen molar-refractivity contribution in [3.8, 4) is 5.75 Å². The van der Waals surface area contributed by atoms with Crippen LogP contribution < -0.4 is 26.2 Å². The molecule has 0 bridgehead atoms. The topological polar surface area (TPSA) is 263 Å². The number of carbonyl (C=O) groups excluding carboxylic acids is 1. The van der Waals surface area contributed by atoms with Crippen LogP contribution >= 0.6 is 0 Å². The number of hydrogen-bond donors (Lipinski definition) is 9. The van der Waals surface area contributed by atoms with E-state index in [1.165, 1.54) is 0 Å². The van der Waals surface area contributed by atoms with Crippen molar-refractivity contribution in [3.05, 3.63) is 20.4 Å². The molecule has 2 saturated heterocycles. The second kappa shape index (κ2) is 16.7. The number of carbonyl (C=O) groups is 1. The third-order valence-corrected chi connectivity index (χ3v) is 7.19. The molecule has 2 aliphatic rings. The molecule has 0 aliphatic carbocycles. The molecule has 246 valence electrons. The quantitative estimate of drug-likeness (QED) is 0.0585. The highest BCUT2D eigenvalue weighted by molar-refractivity contribution is 5.75. The lowest BCUT2D eigenvalue weighted by Crippen LogP contribution is -2.64. The van der Waals surface area contributed by atoms with Crippen molar-refractivity contribution >= 4 is 11.6 Å². The fourth-order valence-corrected chi connectivity index (χ4v) is 4.75. The van der Waals surface area contributed by atoms with Gasteiger partial charge < -0.3 is 70.1 Å². The van der Waals surface area contributed by atoms with Gasteiger partial charge in [0.25, 0.3) is 10.9 Å². The fourth-order valence-electron chi connectivity index (χ4n) is 4.75. The van der Waals surface area contributed by atoms with E-state index in [9.17, 15) is 50.1 Å². The van der Waals surface area contributed by atoms with Crippen molar-refractivity contribution in [2.75, 3.05) is 44.8 Å². The highest BCUT2D eigenvalue weighted by Gasteiger charge is 2.50. The van der Waals surface area contributed by atoms with Gasteiger partial charge in [-0.1, -0.05) is 6.42 Å². The summed E-state index contributed by atoms with van der Waals surface area (Å²) in [7, 11) is 0. The largest absolute Gasteiger partial charge is 0.488 e. The summed E-state index contributed by atoms with van der Waals surface area (Å²) in [5.74, 6) is -0.196. The number of anilines is 1. The molecule has 2 aliphatic heterocycles. The van der Waals surface area contributed by atoms with E-state index in [4.69, 9.17) is 23.7 Å². The number of amides is 1. The monoisotopic (exact) mass is 622 g/mol. The van der Waals surface area contributed by atoms with Crippen molar-refractivity contribution in [1.82, 2.24) is 5.32 Å². The van der Waals surface area contributed by atoms with Gasteiger partial charge in [0, 0.05) is 26.1 Å². The number of ether oxygens (including phenoxy) is 5. The summed E-state index contributed by atoms with van der Waals surface area (Å²) in [4.78, 5) is 35.1. The van der Waals surface area contributed by atoms with Crippen LogP contribution in [0.1, 0.15) is 32.6 Å². The van der Waals surface area contributed by atoms with Gasteiger partial charge in [-0.3, -0.25) is 14.4 Å². The Kier molecular flexibility index (Phi) is 13.7. The first kappa shape index (κ1) is 35.2. The summed E-state index contributed by atoms with van der Waals surface area (Å²) in [5.41, 5.74) is -1.20. The maximum atomic E-state index is 12.0. The zero-order valence-corrected chi connectivity index (χ0v) is 23.7. The van der Waals surface area contributed by atoms with Crippen LogP contribution in [0.25, 0.3) is 0 Å². The fraction of sp³-hybridized carbons (Fsp3) is 0.808. The zero-order valence-electron chi connectivity index (χ0n) is 23.7. The Morgan fingerprint density at radius 3 is 2.16 bits per heavy atom. The van der Waals surface area contributed by atoms with E-state index >= 15 is 0 Å². The van der Waals surface area contributed by atoms with Gasteiger partial charge in [0.15, 0.2) is 18.3 Å². The van der Waals surface area contributed by atoms with Crippen LogP contribution in [-0.4, -0.2) is 143 Å². The van der Waals surface area contributed by atoms with Crippen LogP contribution in [-0.2, 0) is 23.7 Å². The van der Waals surface area contributed by atoms with Crippen molar-refractivity contribution in [2.24, 2.45) is 0 Å². The number of nitrogens with one attached hydrogen (secondary N) is 2. The van der Waals surface area contributed by atoms with Crippen LogP contribution in [0.4, 0.5) is 5.69 Å². The van der Waals surface area contributed by atoms with Crippen molar-refractivity contribution in [1.29, 1.82) is 0 Å². The maximum Gasteiger partial charge on any atom is 0.272 e. The van der Waals surface area contributed by atoms with Gasteiger partial charge in [-0.2, -0.15) is 0 Å². The standard InChI is InChI=1S/C26H42N2O15/c1-2-39-24-15(17(33)19(24)35)28-8-7-27-14(31)6-4-3-5-9-40-25-22(38)20(36)23(13(11-30)42-25)43-26-21(37)18(34)16(32)12(10-29)41-26/h12-13,16,18,20-23,25-26,28-30,32,34,36-38H,2-11H2,1H3,(H,27,31)/t12-,13-,16+,18+,20-,21-,22-,23-,25-,26+/m1/s1. The molecule has 3 rings (SSSR count). The lowest BCUT2D eigenvalue weighted by Gasteiger charge is -2.45. The van der Waals surface area contributed by atoms with E-state index < -0.39 is 85.5 Å². The number of aliphatic hydroxyl groups is 7. The molecule has 0 unspecified atom stereocenters. The highest BCUT2D eigenvalue weighted by Crippen LogP contribution is 2.29. The van der Waals surface area contributed by atoms with Gasteiger partial charge in [0.2, 0.25) is 5.91 Å². The highest BCUT2D eigenvalue weighted by atomic mass is 16.7. The molecule has 17 nitrogen and oxygen atoms in total. The minimum Gasteiger partial charge on any atom is -0.488 e. The predicted molar refractivity (Wildman–Crippen MR) is 145 cm³/mol. The molecule has 10 atom stereocenters. The van der Waals surface area contributed by atoms with E-state index in [0.717, 1.165) is 0 Å². The Morgan fingerprint density at radius 2 is 1.49 bits per heavy atom. The molecular weight excluding hydrogens is 580 g/mol. The SMILES string of the molecule is CCOc1c(NCCNC(=O)CCCCCO[C@@H]2O[C@H](CO)[C@@H](O[C@@H]3O[C@H](CO)[C@H](O)[C@H](O)[C@H]3O)[C@H](O)[C@H]2O)c(=O)c1=O. The van der Waals surface area contributed by atoms with Crippen LogP contribution in [0.3, 0.4) is 0 Å².